The molecule has 0 aromatic carbocycles. The Balaban J connectivity index is 1.40. The van der Waals surface area contributed by atoms with Gasteiger partial charge in [-0.05, 0) is 25.7 Å². The molecular formula is C14H20N6O. The largest absolute Gasteiger partial charge is 0.367 e. The normalized spacial score (nSPS) is 22.5. The Morgan fingerprint density at radius 2 is 2.24 bits per heavy atom. The first kappa shape index (κ1) is 12.7. The zero-order valence-corrected chi connectivity index (χ0v) is 12.2. The van der Waals surface area contributed by atoms with Crippen molar-refractivity contribution in [3.8, 4) is 0 Å². The summed E-state index contributed by atoms with van der Waals surface area (Å²) in [6.07, 6.45) is 8.63. The fraction of sp³-hybridized carbons (Fsp3) is 0.643. The first-order valence-electron chi connectivity index (χ1n) is 7.61. The number of anilines is 2. The van der Waals surface area contributed by atoms with Gasteiger partial charge in [0, 0.05) is 38.3 Å². The van der Waals surface area contributed by atoms with Crippen molar-refractivity contribution in [2.45, 2.75) is 37.6 Å². The molecule has 0 radical (unpaired) electrons. The van der Waals surface area contributed by atoms with Crippen molar-refractivity contribution < 1.29 is 4.52 Å². The monoisotopic (exact) mass is 288 g/mol. The second-order valence-corrected chi connectivity index (χ2v) is 6.03. The van der Waals surface area contributed by atoms with Gasteiger partial charge in [0.1, 0.15) is 0 Å². The van der Waals surface area contributed by atoms with Gasteiger partial charge < -0.3 is 14.7 Å². The van der Waals surface area contributed by atoms with Crippen LogP contribution in [0.5, 0.6) is 0 Å². The van der Waals surface area contributed by atoms with E-state index in [0.29, 0.717) is 18.0 Å². The number of nitrogens with one attached hydrogen (secondary N) is 1. The zero-order valence-electron chi connectivity index (χ0n) is 12.2. The maximum absolute atomic E-state index is 5.31. The number of rotatable bonds is 4. The van der Waals surface area contributed by atoms with E-state index in [0.717, 1.165) is 31.8 Å². The average Bonchev–Trinajstić information content (AvgIpc) is 3.09. The molecule has 1 aliphatic carbocycles. The topological polar surface area (TPSA) is 72.0 Å². The maximum atomic E-state index is 5.31. The summed E-state index contributed by atoms with van der Waals surface area (Å²) in [4.78, 5) is 6.80. The molecule has 1 N–H and O–H groups in total. The Bertz CT molecular complexity index is 617. The minimum Gasteiger partial charge on any atom is -0.367 e. The standard InChI is InChI=1S/C14H20N6O/c1-19-9-12(7-15-19)20-6-2-3-11(8-20)16-14-17-13(18-21-14)10-4-5-10/h7,9-11H,2-6,8H2,1H3,(H,16,17,18)/t11-/m1/s1. The summed E-state index contributed by atoms with van der Waals surface area (Å²) in [6.45, 7) is 2.01. The second-order valence-electron chi connectivity index (χ2n) is 6.03. The molecule has 2 aromatic rings. The first-order valence-corrected chi connectivity index (χ1v) is 7.61. The number of hydrogen-bond donors (Lipinski definition) is 1. The summed E-state index contributed by atoms with van der Waals surface area (Å²) in [6, 6.07) is 0.904. The Labute approximate surface area is 123 Å². The molecule has 2 aliphatic rings. The Kier molecular flexibility index (Phi) is 3.05. The molecule has 3 heterocycles. The van der Waals surface area contributed by atoms with Crippen molar-refractivity contribution >= 4 is 11.7 Å². The third-order valence-electron chi connectivity index (χ3n) is 4.19. The third kappa shape index (κ3) is 2.72. The van der Waals surface area contributed by atoms with Crippen molar-refractivity contribution in [1.29, 1.82) is 0 Å². The van der Waals surface area contributed by atoms with Crippen molar-refractivity contribution in [2.24, 2.45) is 7.05 Å². The molecule has 4 rings (SSSR count). The Morgan fingerprint density at radius 1 is 1.33 bits per heavy atom. The number of aryl methyl sites for hydroxylation is 1. The molecule has 21 heavy (non-hydrogen) atoms. The van der Waals surface area contributed by atoms with Gasteiger partial charge in [0.05, 0.1) is 11.9 Å². The van der Waals surface area contributed by atoms with Crippen LogP contribution in [0.1, 0.15) is 37.4 Å². The van der Waals surface area contributed by atoms with Crippen LogP contribution in [0.15, 0.2) is 16.9 Å². The van der Waals surface area contributed by atoms with Gasteiger partial charge in [-0.2, -0.15) is 10.1 Å². The highest BCUT2D eigenvalue weighted by Crippen LogP contribution is 2.38. The van der Waals surface area contributed by atoms with E-state index in [4.69, 9.17) is 4.52 Å². The second kappa shape index (κ2) is 5.05. The summed E-state index contributed by atoms with van der Waals surface area (Å²) < 4.78 is 7.15. The molecule has 7 heteroatoms. The lowest BCUT2D eigenvalue weighted by atomic mass is 10.1. The third-order valence-corrected chi connectivity index (χ3v) is 4.19. The molecular weight excluding hydrogens is 268 g/mol. The summed E-state index contributed by atoms with van der Waals surface area (Å²) in [7, 11) is 1.95. The number of nitrogens with zero attached hydrogens (tertiary/aromatic N) is 5. The quantitative estimate of drug-likeness (QED) is 0.924. The van der Waals surface area contributed by atoms with Crippen molar-refractivity contribution in [3.63, 3.8) is 0 Å². The van der Waals surface area contributed by atoms with Gasteiger partial charge in [-0.15, -0.1) is 0 Å². The molecule has 0 spiro atoms. The Morgan fingerprint density at radius 3 is 3.00 bits per heavy atom. The zero-order chi connectivity index (χ0) is 14.2. The molecule has 1 saturated carbocycles. The molecule has 0 unspecified atom stereocenters. The molecule has 2 fully saturated rings. The van der Waals surface area contributed by atoms with E-state index in [1.807, 2.05) is 17.9 Å². The molecule has 1 aliphatic heterocycles. The molecule has 2 aromatic heterocycles. The van der Waals surface area contributed by atoms with Crippen LogP contribution >= 0.6 is 0 Å². The van der Waals surface area contributed by atoms with Gasteiger partial charge in [-0.25, -0.2) is 0 Å². The van der Waals surface area contributed by atoms with E-state index in [9.17, 15) is 0 Å². The fourth-order valence-electron chi connectivity index (χ4n) is 2.88. The van der Waals surface area contributed by atoms with Crippen molar-refractivity contribution in [3.05, 3.63) is 18.2 Å². The van der Waals surface area contributed by atoms with Crippen LogP contribution in [0.4, 0.5) is 11.7 Å². The summed E-state index contributed by atoms with van der Waals surface area (Å²) in [5, 5.41) is 11.7. The van der Waals surface area contributed by atoms with Gasteiger partial charge in [0.15, 0.2) is 5.82 Å². The van der Waals surface area contributed by atoms with Gasteiger partial charge in [0.2, 0.25) is 0 Å². The summed E-state index contributed by atoms with van der Waals surface area (Å²) in [5.74, 6) is 1.39. The van der Waals surface area contributed by atoms with Crippen molar-refractivity contribution in [1.82, 2.24) is 19.9 Å². The van der Waals surface area contributed by atoms with E-state index in [1.165, 1.54) is 18.5 Å². The SMILES string of the molecule is Cn1cc(N2CCC[C@@H](Nc3nc(C4CC4)no3)C2)cn1. The smallest absolute Gasteiger partial charge is 0.321 e. The predicted molar refractivity (Wildman–Crippen MR) is 78.3 cm³/mol. The van der Waals surface area contributed by atoms with Crippen LogP contribution in [0.3, 0.4) is 0 Å². The molecule has 7 nitrogen and oxygen atoms in total. The Hall–Kier alpha value is -2.05. The molecule has 1 saturated heterocycles. The van der Waals surface area contributed by atoms with E-state index in [1.54, 1.807) is 0 Å². The van der Waals surface area contributed by atoms with Crippen LogP contribution in [-0.4, -0.2) is 39.1 Å². The highest BCUT2D eigenvalue weighted by Gasteiger charge is 2.29. The van der Waals surface area contributed by atoms with Crippen LogP contribution < -0.4 is 10.2 Å². The highest BCUT2D eigenvalue weighted by atomic mass is 16.5. The number of aromatic nitrogens is 4. The molecule has 0 amide bonds. The van der Waals surface area contributed by atoms with E-state index in [2.05, 4.69) is 31.7 Å². The van der Waals surface area contributed by atoms with Gasteiger partial charge >= 0.3 is 6.01 Å². The van der Waals surface area contributed by atoms with Crippen molar-refractivity contribution in [2.75, 3.05) is 23.3 Å². The average molecular weight is 288 g/mol. The van der Waals surface area contributed by atoms with Gasteiger partial charge in [-0.1, -0.05) is 5.16 Å². The number of hydrogen-bond acceptors (Lipinski definition) is 6. The van der Waals surface area contributed by atoms with E-state index >= 15 is 0 Å². The molecule has 112 valence electrons. The minimum absolute atomic E-state index is 0.339. The summed E-state index contributed by atoms with van der Waals surface area (Å²) in [5.41, 5.74) is 1.17. The molecule has 0 bridgehead atoms. The minimum atomic E-state index is 0.339. The van der Waals surface area contributed by atoms with Crippen LogP contribution in [0.25, 0.3) is 0 Å². The first-order chi connectivity index (χ1) is 10.3. The van der Waals surface area contributed by atoms with E-state index in [-0.39, 0.29) is 0 Å². The van der Waals surface area contributed by atoms with Crippen LogP contribution in [0.2, 0.25) is 0 Å². The molecule has 1 atom stereocenters. The maximum Gasteiger partial charge on any atom is 0.321 e. The lowest BCUT2D eigenvalue weighted by molar-refractivity contribution is 0.412. The van der Waals surface area contributed by atoms with Gasteiger partial charge in [-0.3, -0.25) is 4.68 Å². The predicted octanol–water partition coefficient (Wildman–Crippen LogP) is 1.76. The number of piperidine rings is 1. The fourth-order valence-corrected chi connectivity index (χ4v) is 2.88. The summed E-state index contributed by atoms with van der Waals surface area (Å²) >= 11 is 0. The van der Waals surface area contributed by atoms with Gasteiger partial charge in [0.25, 0.3) is 0 Å². The van der Waals surface area contributed by atoms with E-state index < -0.39 is 0 Å². The highest BCUT2D eigenvalue weighted by molar-refractivity contribution is 5.43. The van der Waals surface area contributed by atoms with Crippen LogP contribution in [0, 0.1) is 0 Å². The lowest BCUT2D eigenvalue weighted by Crippen LogP contribution is -2.42. The van der Waals surface area contributed by atoms with Crippen LogP contribution in [-0.2, 0) is 7.05 Å². The lowest BCUT2D eigenvalue weighted by Gasteiger charge is -2.33.